The van der Waals surface area contributed by atoms with Gasteiger partial charge < -0.3 is 45.1 Å². The van der Waals surface area contributed by atoms with E-state index in [0.29, 0.717) is 40.5 Å². The van der Waals surface area contributed by atoms with Crippen molar-refractivity contribution >= 4 is 23.0 Å². The molecule has 0 spiro atoms. The molecule has 1 unspecified atom stereocenters. The number of aryl methyl sites for hydroxylation is 2. The molecule has 4 heterocycles. The topological polar surface area (TPSA) is 183 Å². The van der Waals surface area contributed by atoms with Crippen molar-refractivity contribution in [1.82, 2.24) is 20.5 Å². The van der Waals surface area contributed by atoms with Crippen molar-refractivity contribution in [3.05, 3.63) is 170 Å². The number of aliphatic hydroxyl groups is 1. The van der Waals surface area contributed by atoms with Gasteiger partial charge in [-0.2, -0.15) is 0 Å². The van der Waals surface area contributed by atoms with Crippen LogP contribution in [0.2, 0.25) is 0 Å². The molecule has 3 saturated heterocycles. The SMILES string of the molecule is Cc1cc(CNC[C@H](O)c2ccc(O)c3[nH]c(=O)ccc23)cc(C)c1OC(C)c1cc(COc2cccc([C@@H](NC(=O)O[C@H]3CN4CCC3CC4)c3ccccc3)c2)ccc1C(=O)O. The maximum atomic E-state index is 13.4. The Morgan fingerprint density at radius 3 is 2.33 bits per heavy atom. The highest BCUT2D eigenvalue weighted by Crippen LogP contribution is 2.34. The van der Waals surface area contributed by atoms with Crippen LogP contribution >= 0.6 is 0 Å². The number of piperidine rings is 3. The standard InChI is InChI=1S/C51H54N4O9/c1-30-22-34(26-52-27-44(57)39-14-16-43(56)48-40(39)15-17-46(58)53-48)23-31(2)49(30)63-32(3)42-24-33(12-13-41(42)50(59)60)29-62-38-11-7-10-37(25-38)47(36-8-5-4-6-9-36)54-51(61)64-45-28-55-20-18-35(45)19-21-55/h4-17,22-25,32,35,44-45,47,52,56-57H,18-21,26-29H2,1-3H3,(H,53,58)(H,54,61)(H,59,60)/t32?,44-,45-,47-/m0/s1. The molecule has 1 amide bonds. The maximum absolute atomic E-state index is 13.4. The van der Waals surface area contributed by atoms with Crippen LogP contribution in [-0.4, -0.2) is 69.5 Å². The molecule has 3 aliphatic rings. The number of hydrogen-bond donors (Lipinski definition) is 6. The first-order valence-corrected chi connectivity index (χ1v) is 21.7. The Bertz CT molecular complexity index is 2670. The van der Waals surface area contributed by atoms with Gasteiger partial charge in [0.25, 0.3) is 0 Å². The van der Waals surface area contributed by atoms with Crippen molar-refractivity contribution in [2.24, 2.45) is 5.92 Å². The van der Waals surface area contributed by atoms with Gasteiger partial charge in [0.1, 0.15) is 36.1 Å². The van der Waals surface area contributed by atoms with Gasteiger partial charge >= 0.3 is 12.1 Å². The molecule has 64 heavy (non-hydrogen) atoms. The van der Waals surface area contributed by atoms with Crippen LogP contribution in [0.1, 0.15) is 92.9 Å². The number of amides is 1. The van der Waals surface area contributed by atoms with E-state index in [1.165, 1.54) is 12.1 Å². The molecular weight excluding hydrogens is 813 g/mol. The summed E-state index contributed by atoms with van der Waals surface area (Å²) < 4.78 is 18.8. The summed E-state index contributed by atoms with van der Waals surface area (Å²) >= 11 is 0. The summed E-state index contributed by atoms with van der Waals surface area (Å²) in [6.45, 7) is 9.41. The molecular formula is C51H54N4O9. The zero-order valence-corrected chi connectivity index (χ0v) is 36.2. The lowest BCUT2D eigenvalue weighted by molar-refractivity contribution is -0.0336. The summed E-state index contributed by atoms with van der Waals surface area (Å²) in [5.41, 5.74) is 6.32. The third kappa shape index (κ3) is 10.1. The van der Waals surface area contributed by atoms with Crippen molar-refractivity contribution < 1.29 is 39.1 Å². The Kier molecular flexibility index (Phi) is 13.3. The molecule has 6 aromatic rings. The average Bonchev–Trinajstić information content (AvgIpc) is 3.29. The van der Waals surface area contributed by atoms with E-state index in [9.17, 15) is 29.7 Å². The number of alkyl carbamates (subject to hydrolysis) is 1. The summed E-state index contributed by atoms with van der Waals surface area (Å²) in [6, 6.07) is 32.0. The van der Waals surface area contributed by atoms with E-state index in [-0.39, 0.29) is 41.6 Å². The molecule has 0 saturated carbocycles. The van der Waals surface area contributed by atoms with Gasteiger partial charge in [-0.15, -0.1) is 0 Å². The lowest BCUT2D eigenvalue weighted by atomic mass is 9.86. The number of carbonyl (C=O) groups excluding carboxylic acids is 1. The van der Waals surface area contributed by atoms with Crippen molar-refractivity contribution in [3.63, 3.8) is 0 Å². The van der Waals surface area contributed by atoms with E-state index >= 15 is 0 Å². The highest BCUT2D eigenvalue weighted by molar-refractivity contribution is 5.90. The number of phenolic OH excluding ortho intramolecular Hbond substituents is 1. The van der Waals surface area contributed by atoms with E-state index in [1.54, 1.807) is 30.3 Å². The first-order valence-electron chi connectivity index (χ1n) is 21.7. The minimum absolute atomic E-state index is 0.0690. The molecule has 9 rings (SSSR count). The smallest absolute Gasteiger partial charge is 0.408 e. The second-order valence-electron chi connectivity index (χ2n) is 16.9. The molecule has 1 aromatic heterocycles. The second-order valence-corrected chi connectivity index (χ2v) is 16.9. The van der Waals surface area contributed by atoms with Gasteiger partial charge in [0.15, 0.2) is 0 Å². The van der Waals surface area contributed by atoms with E-state index in [0.717, 1.165) is 65.9 Å². The van der Waals surface area contributed by atoms with Crippen molar-refractivity contribution in [2.75, 3.05) is 26.2 Å². The highest BCUT2D eigenvalue weighted by atomic mass is 16.6. The molecule has 0 radical (unpaired) electrons. The number of pyridine rings is 1. The molecule has 13 nitrogen and oxygen atoms in total. The number of aromatic nitrogens is 1. The fourth-order valence-corrected chi connectivity index (χ4v) is 9.10. The minimum Gasteiger partial charge on any atom is -0.506 e. The lowest BCUT2D eigenvalue weighted by Gasteiger charge is -2.43. The van der Waals surface area contributed by atoms with Crippen LogP contribution in [0, 0.1) is 19.8 Å². The van der Waals surface area contributed by atoms with E-state index in [4.69, 9.17) is 14.2 Å². The first kappa shape index (κ1) is 44.0. The Hall–Kier alpha value is -6.67. The number of benzene rings is 5. The van der Waals surface area contributed by atoms with E-state index in [2.05, 4.69) is 20.5 Å². The van der Waals surface area contributed by atoms with Gasteiger partial charge in [-0.3, -0.25) is 9.69 Å². The zero-order valence-electron chi connectivity index (χ0n) is 36.2. The highest BCUT2D eigenvalue weighted by Gasteiger charge is 2.37. The summed E-state index contributed by atoms with van der Waals surface area (Å²) in [5.74, 6) is 0.483. The minimum atomic E-state index is -1.07. The Morgan fingerprint density at radius 2 is 1.61 bits per heavy atom. The van der Waals surface area contributed by atoms with E-state index < -0.39 is 30.3 Å². The van der Waals surface area contributed by atoms with Gasteiger partial charge in [-0.1, -0.05) is 66.7 Å². The number of ether oxygens (including phenoxy) is 3. The van der Waals surface area contributed by atoms with Crippen LogP contribution in [0.5, 0.6) is 17.2 Å². The van der Waals surface area contributed by atoms with Crippen molar-refractivity contribution in [1.29, 1.82) is 0 Å². The summed E-state index contributed by atoms with van der Waals surface area (Å²) in [4.78, 5) is 42.6. The number of H-pyrrole nitrogens is 1. The number of carboxylic acids is 1. The van der Waals surface area contributed by atoms with Gasteiger partial charge in [-0.25, -0.2) is 9.59 Å². The molecule has 5 aromatic carbocycles. The number of aromatic hydroxyl groups is 1. The van der Waals surface area contributed by atoms with Gasteiger partial charge in [0.05, 0.1) is 23.2 Å². The van der Waals surface area contributed by atoms with Crippen LogP contribution in [0.3, 0.4) is 0 Å². The number of fused-ring (bicyclic) bond motifs is 4. The normalized spacial score (nSPS) is 18.2. The van der Waals surface area contributed by atoms with Crippen LogP contribution in [0.4, 0.5) is 4.79 Å². The molecule has 3 aliphatic heterocycles. The number of carboxylic acid groups (broad SMARTS) is 1. The predicted molar refractivity (Wildman–Crippen MR) is 243 cm³/mol. The summed E-state index contributed by atoms with van der Waals surface area (Å²) in [7, 11) is 0. The van der Waals surface area contributed by atoms with Crippen LogP contribution in [-0.2, 0) is 17.9 Å². The molecule has 6 N–H and O–H groups in total. The number of nitrogens with one attached hydrogen (secondary N) is 3. The number of hydrogen-bond acceptors (Lipinski definition) is 10. The fourth-order valence-electron chi connectivity index (χ4n) is 9.10. The quantitative estimate of drug-likeness (QED) is 0.0555. The molecule has 2 bridgehead atoms. The summed E-state index contributed by atoms with van der Waals surface area (Å²) in [5, 5.41) is 38.4. The van der Waals surface area contributed by atoms with E-state index in [1.807, 2.05) is 87.5 Å². The molecule has 0 aliphatic carbocycles. The third-order valence-corrected chi connectivity index (χ3v) is 12.4. The van der Waals surface area contributed by atoms with Gasteiger partial charge in [0, 0.05) is 36.7 Å². The molecule has 4 atom stereocenters. The van der Waals surface area contributed by atoms with Crippen LogP contribution in [0.15, 0.2) is 114 Å². The Balaban J connectivity index is 0.916. The number of aromatic carboxylic acids is 1. The second kappa shape index (κ2) is 19.4. The number of phenols is 1. The van der Waals surface area contributed by atoms with Gasteiger partial charge in [-0.05, 0) is 128 Å². The number of nitrogens with zero attached hydrogens (tertiary/aromatic N) is 1. The fraction of sp³-hybridized carbons (Fsp3) is 0.314. The largest absolute Gasteiger partial charge is 0.506 e. The maximum Gasteiger partial charge on any atom is 0.408 e. The zero-order chi connectivity index (χ0) is 44.9. The monoisotopic (exact) mass is 866 g/mol. The van der Waals surface area contributed by atoms with Crippen molar-refractivity contribution in [3.8, 4) is 17.2 Å². The molecule has 332 valence electrons. The average molecular weight is 867 g/mol. The van der Waals surface area contributed by atoms with Crippen LogP contribution in [0.25, 0.3) is 10.9 Å². The molecule has 13 heteroatoms. The summed E-state index contributed by atoms with van der Waals surface area (Å²) in [6.07, 6.45) is -0.00760. The Morgan fingerprint density at radius 1 is 0.859 bits per heavy atom. The van der Waals surface area contributed by atoms with Crippen molar-refractivity contribution in [2.45, 2.75) is 71.1 Å². The number of aromatic amines is 1. The number of rotatable bonds is 16. The lowest BCUT2D eigenvalue weighted by Crippen LogP contribution is -2.52. The van der Waals surface area contributed by atoms with Gasteiger partial charge in [0.2, 0.25) is 5.56 Å². The van der Waals surface area contributed by atoms with Crippen LogP contribution < -0.4 is 25.7 Å². The first-order chi connectivity index (χ1) is 30.9. The molecule has 3 fully saturated rings. The third-order valence-electron chi connectivity index (χ3n) is 12.4. The number of carbonyl (C=O) groups is 2. The predicted octanol–water partition coefficient (Wildman–Crippen LogP) is 8.00. The number of aliphatic hydroxyl groups excluding tert-OH is 1. The Labute approximate surface area is 371 Å².